The van der Waals surface area contributed by atoms with Crippen molar-refractivity contribution in [2.45, 2.75) is 6.92 Å². The van der Waals surface area contributed by atoms with Crippen molar-refractivity contribution in [3.63, 3.8) is 0 Å². The number of nitrogens with one attached hydrogen (secondary N) is 1. The summed E-state index contributed by atoms with van der Waals surface area (Å²) < 4.78 is 26.0. The van der Waals surface area contributed by atoms with Crippen molar-refractivity contribution in [2.24, 2.45) is 0 Å². The van der Waals surface area contributed by atoms with Gasteiger partial charge in [-0.3, -0.25) is 9.59 Å². The molecule has 0 bridgehead atoms. The lowest BCUT2D eigenvalue weighted by Crippen LogP contribution is -2.37. The van der Waals surface area contributed by atoms with Crippen molar-refractivity contribution >= 4 is 29.1 Å². The first-order valence-corrected chi connectivity index (χ1v) is 7.53. The zero-order chi connectivity index (χ0) is 17.7. The molecule has 0 unspecified atom stereocenters. The standard InChI is InChI=1S/C17H15ClF2N2O2/c1-11(23)22(14-4-2-3-13(18)10-14)8-7-21-17(24)12-5-6-15(19)16(20)9-12/h2-6,9-10H,7-8H2,1H3,(H,21,24). The molecule has 24 heavy (non-hydrogen) atoms. The van der Waals surface area contributed by atoms with Gasteiger partial charge in [-0.1, -0.05) is 17.7 Å². The maximum absolute atomic E-state index is 13.1. The van der Waals surface area contributed by atoms with Crippen LogP contribution in [0.2, 0.25) is 5.02 Å². The summed E-state index contributed by atoms with van der Waals surface area (Å²) in [5.74, 6) is -2.87. The normalized spacial score (nSPS) is 10.3. The average molecular weight is 353 g/mol. The summed E-state index contributed by atoms with van der Waals surface area (Å²) in [4.78, 5) is 25.1. The highest BCUT2D eigenvalue weighted by atomic mass is 35.5. The molecule has 0 aromatic heterocycles. The third kappa shape index (κ3) is 4.52. The van der Waals surface area contributed by atoms with E-state index >= 15 is 0 Å². The second-order valence-electron chi connectivity index (χ2n) is 5.04. The molecule has 7 heteroatoms. The molecule has 0 saturated carbocycles. The first-order chi connectivity index (χ1) is 11.4. The van der Waals surface area contributed by atoms with Crippen LogP contribution in [0.1, 0.15) is 17.3 Å². The van der Waals surface area contributed by atoms with Crippen molar-refractivity contribution in [3.05, 3.63) is 64.7 Å². The van der Waals surface area contributed by atoms with E-state index in [2.05, 4.69) is 5.32 Å². The summed E-state index contributed by atoms with van der Waals surface area (Å²) in [7, 11) is 0. The largest absolute Gasteiger partial charge is 0.350 e. The lowest BCUT2D eigenvalue weighted by Gasteiger charge is -2.21. The number of anilines is 1. The lowest BCUT2D eigenvalue weighted by molar-refractivity contribution is -0.116. The molecule has 2 aromatic rings. The number of carbonyl (C=O) groups excluding carboxylic acids is 2. The molecule has 1 N–H and O–H groups in total. The molecule has 0 atom stereocenters. The molecule has 0 aliphatic heterocycles. The molecule has 0 spiro atoms. The Morgan fingerprint density at radius 3 is 2.50 bits per heavy atom. The molecule has 126 valence electrons. The molecular weight excluding hydrogens is 338 g/mol. The van der Waals surface area contributed by atoms with Gasteiger partial charge in [0.15, 0.2) is 11.6 Å². The Labute approximate surface area is 143 Å². The molecule has 2 amide bonds. The van der Waals surface area contributed by atoms with Crippen LogP contribution < -0.4 is 10.2 Å². The Balaban J connectivity index is 1.99. The van der Waals surface area contributed by atoms with Gasteiger partial charge in [-0.05, 0) is 36.4 Å². The predicted molar refractivity (Wildman–Crippen MR) is 88.2 cm³/mol. The molecule has 0 fully saturated rings. The van der Waals surface area contributed by atoms with Gasteiger partial charge in [-0.25, -0.2) is 8.78 Å². The van der Waals surface area contributed by atoms with E-state index < -0.39 is 17.5 Å². The van der Waals surface area contributed by atoms with Crippen molar-refractivity contribution in [1.82, 2.24) is 5.32 Å². The first kappa shape index (κ1) is 17.9. The van der Waals surface area contributed by atoms with Crippen LogP contribution in [0, 0.1) is 11.6 Å². The van der Waals surface area contributed by atoms with Crippen molar-refractivity contribution in [1.29, 1.82) is 0 Å². The number of hydrogen-bond acceptors (Lipinski definition) is 2. The van der Waals surface area contributed by atoms with Crippen LogP contribution in [0.3, 0.4) is 0 Å². The first-order valence-electron chi connectivity index (χ1n) is 7.15. The Morgan fingerprint density at radius 1 is 1.12 bits per heavy atom. The Morgan fingerprint density at radius 2 is 1.88 bits per heavy atom. The van der Waals surface area contributed by atoms with E-state index in [1.54, 1.807) is 24.3 Å². The van der Waals surface area contributed by atoms with Crippen LogP contribution in [-0.2, 0) is 4.79 Å². The maximum atomic E-state index is 13.1. The minimum absolute atomic E-state index is 0.00558. The van der Waals surface area contributed by atoms with E-state index in [-0.39, 0.29) is 24.6 Å². The van der Waals surface area contributed by atoms with Crippen molar-refractivity contribution < 1.29 is 18.4 Å². The number of rotatable bonds is 5. The number of benzene rings is 2. The zero-order valence-corrected chi connectivity index (χ0v) is 13.6. The Bertz CT molecular complexity index is 768. The van der Waals surface area contributed by atoms with Crippen LogP contribution in [0.5, 0.6) is 0 Å². The van der Waals surface area contributed by atoms with E-state index in [1.165, 1.54) is 17.9 Å². The number of nitrogens with zero attached hydrogens (tertiary/aromatic N) is 1. The summed E-state index contributed by atoms with van der Waals surface area (Å²) in [5.41, 5.74) is 0.614. The highest BCUT2D eigenvalue weighted by molar-refractivity contribution is 6.30. The third-order valence-electron chi connectivity index (χ3n) is 3.30. The molecule has 0 heterocycles. The topological polar surface area (TPSA) is 49.4 Å². The van der Waals surface area contributed by atoms with E-state index in [1.807, 2.05) is 0 Å². The molecule has 2 rings (SSSR count). The summed E-state index contributed by atoms with van der Waals surface area (Å²) in [6.07, 6.45) is 0. The van der Waals surface area contributed by atoms with E-state index in [0.29, 0.717) is 10.7 Å². The van der Waals surface area contributed by atoms with Crippen molar-refractivity contribution in [2.75, 3.05) is 18.0 Å². The second-order valence-corrected chi connectivity index (χ2v) is 5.47. The smallest absolute Gasteiger partial charge is 0.251 e. The minimum Gasteiger partial charge on any atom is -0.350 e. The van der Waals surface area contributed by atoms with Gasteiger partial charge in [0.2, 0.25) is 5.91 Å². The van der Waals surface area contributed by atoms with Crippen LogP contribution in [0.25, 0.3) is 0 Å². The highest BCUT2D eigenvalue weighted by Crippen LogP contribution is 2.19. The monoisotopic (exact) mass is 352 g/mol. The van der Waals surface area contributed by atoms with Crippen LogP contribution in [0.4, 0.5) is 14.5 Å². The quantitative estimate of drug-likeness (QED) is 0.896. The predicted octanol–water partition coefficient (Wildman–Crippen LogP) is 3.40. The third-order valence-corrected chi connectivity index (χ3v) is 3.54. The molecule has 4 nitrogen and oxygen atoms in total. The van der Waals surface area contributed by atoms with Gasteiger partial charge in [0.25, 0.3) is 5.91 Å². The van der Waals surface area contributed by atoms with Crippen LogP contribution in [-0.4, -0.2) is 24.9 Å². The van der Waals surface area contributed by atoms with Crippen LogP contribution in [0.15, 0.2) is 42.5 Å². The number of carbonyl (C=O) groups is 2. The van der Waals surface area contributed by atoms with Gasteiger partial charge in [-0.15, -0.1) is 0 Å². The number of amides is 2. The Hall–Kier alpha value is -2.47. The van der Waals surface area contributed by atoms with Gasteiger partial charge in [-0.2, -0.15) is 0 Å². The van der Waals surface area contributed by atoms with Gasteiger partial charge >= 0.3 is 0 Å². The summed E-state index contributed by atoms with van der Waals surface area (Å²) in [6.45, 7) is 1.76. The SMILES string of the molecule is CC(=O)N(CCNC(=O)c1ccc(F)c(F)c1)c1cccc(Cl)c1. The average Bonchev–Trinajstić information content (AvgIpc) is 2.53. The second kappa shape index (κ2) is 7.88. The molecular formula is C17H15ClF2N2O2. The van der Waals surface area contributed by atoms with E-state index in [4.69, 9.17) is 11.6 Å². The molecule has 0 aliphatic carbocycles. The summed E-state index contributed by atoms with van der Waals surface area (Å²) in [6, 6.07) is 9.67. The van der Waals surface area contributed by atoms with Gasteiger partial charge in [0, 0.05) is 36.3 Å². The van der Waals surface area contributed by atoms with Crippen LogP contribution >= 0.6 is 11.6 Å². The Kier molecular flexibility index (Phi) is 5.87. The fourth-order valence-electron chi connectivity index (χ4n) is 2.13. The maximum Gasteiger partial charge on any atom is 0.251 e. The summed E-state index contributed by atoms with van der Waals surface area (Å²) >= 11 is 5.91. The van der Waals surface area contributed by atoms with E-state index in [0.717, 1.165) is 12.1 Å². The lowest BCUT2D eigenvalue weighted by atomic mass is 10.2. The van der Waals surface area contributed by atoms with E-state index in [9.17, 15) is 18.4 Å². The minimum atomic E-state index is -1.09. The van der Waals surface area contributed by atoms with Gasteiger partial charge in [0.05, 0.1) is 0 Å². The summed E-state index contributed by atoms with van der Waals surface area (Å²) in [5, 5.41) is 3.05. The van der Waals surface area contributed by atoms with Gasteiger partial charge < -0.3 is 10.2 Å². The fraction of sp³-hybridized carbons (Fsp3) is 0.176. The molecule has 0 radical (unpaired) electrons. The van der Waals surface area contributed by atoms with Gasteiger partial charge in [0.1, 0.15) is 0 Å². The highest BCUT2D eigenvalue weighted by Gasteiger charge is 2.13. The zero-order valence-electron chi connectivity index (χ0n) is 12.9. The molecule has 0 aliphatic rings. The van der Waals surface area contributed by atoms with Crippen molar-refractivity contribution in [3.8, 4) is 0 Å². The fourth-order valence-corrected chi connectivity index (χ4v) is 2.32. The molecule has 2 aromatic carbocycles. The number of halogens is 3. The number of hydrogen-bond donors (Lipinski definition) is 1. The molecule has 0 saturated heterocycles.